The Bertz CT molecular complexity index is 333. The summed E-state index contributed by atoms with van der Waals surface area (Å²) in [6.45, 7) is 0.520. The molecule has 2 nitrogen and oxygen atoms in total. The maximum atomic E-state index is 11.2. The Kier molecular flexibility index (Phi) is 2.04. The number of benzene rings is 1. The molecule has 1 aliphatic heterocycles. The van der Waals surface area contributed by atoms with Gasteiger partial charge in [0, 0.05) is 9.99 Å². The fraction of sp³-hybridized carbons (Fsp3) is 0.222. The highest BCUT2D eigenvalue weighted by molar-refractivity contribution is 14.1. The number of hydrogen-bond donors (Lipinski definition) is 0. The molecule has 0 saturated heterocycles. The summed E-state index contributed by atoms with van der Waals surface area (Å²) in [5.41, 5.74) is 1.83. The van der Waals surface area contributed by atoms with Gasteiger partial charge in [-0.15, -0.1) is 0 Å². The summed E-state index contributed by atoms with van der Waals surface area (Å²) in [5.74, 6) is -0.185. The van der Waals surface area contributed by atoms with Crippen molar-refractivity contribution in [2.75, 3.05) is 6.61 Å². The number of fused-ring (bicyclic) bond motifs is 1. The molecule has 1 aromatic rings. The minimum atomic E-state index is -0.185. The SMILES string of the molecule is O=C1OCCc2ccc(I)cc21. The molecule has 0 atom stereocenters. The number of esters is 1. The van der Waals surface area contributed by atoms with Gasteiger partial charge < -0.3 is 4.74 Å². The zero-order valence-corrected chi connectivity index (χ0v) is 8.50. The summed E-state index contributed by atoms with van der Waals surface area (Å²) >= 11 is 2.19. The standard InChI is InChI=1S/C9H7IO2/c10-7-2-1-6-3-4-12-9(11)8(6)5-7/h1-2,5H,3-4H2. The van der Waals surface area contributed by atoms with Crippen LogP contribution >= 0.6 is 22.6 Å². The van der Waals surface area contributed by atoms with Crippen LogP contribution in [0.2, 0.25) is 0 Å². The van der Waals surface area contributed by atoms with Crippen LogP contribution in [-0.4, -0.2) is 12.6 Å². The Morgan fingerprint density at radius 2 is 2.25 bits per heavy atom. The van der Waals surface area contributed by atoms with Gasteiger partial charge in [0.1, 0.15) is 0 Å². The normalized spacial score (nSPS) is 15.2. The van der Waals surface area contributed by atoms with Crippen molar-refractivity contribution in [1.82, 2.24) is 0 Å². The Hall–Kier alpha value is -0.580. The monoisotopic (exact) mass is 274 g/mol. The van der Waals surface area contributed by atoms with Gasteiger partial charge in [-0.1, -0.05) is 6.07 Å². The smallest absolute Gasteiger partial charge is 0.338 e. The van der Waals surface area contributed by atoms with Crippen LogP contribution in [0.25, 0.3) is 0 Å². The molecule has 0 bridgehead atoms. The van der Waals surface area contributed by atoms with E-state index in [-0.39, 0.29) is 5.97 Å². The molecule has 0 amide bonds. The van der Waals surface area contributed by atoms with Crippen LogP contribution in [0.15, 0.2) is 18.2 Å². The van der Waals surface area contributed by atoms with Gasteiger partial charge in [0.25, 0.3) is 0 Å². The molecule has 0 aromatic heterocycles. The first-order valence-corrected chi connectivity index (χ1v) is 4.81. The minimum absolute atomic E-state index is 0.185. The zero-order valence-electron chi connectivity index (χ0n) is 6.34. The van der Waals surface area contributed by atoms with E-state index in [4.69, 9.17) is 4.74 Å². The zero-order chi connectivity index (χ0) is 8.55. The lowest BCUT2D eigenvalue weighted by Gasteiger charge is -2.15. The lowest BCUT2D eigenvalue weighted by atomic mass is 10.0. The highest BCUT2D eigenvalue weighted by atomic mass is 127. The number of rotatable bonds is 0. The lowest BCUT2D eigenvalue weighted by molar-refractivity contribution is 0.0480. The predicted octanol–water partition coefficient (Wildman–Crippen LogP) is 2.00. The van der Waals surface area contributed by atoms with Crippen molar-refractivity contribution in [3.8, 4) is 0 Å². The van der Waals surface area contributed by atoms with E-state index in [0.717, 1.165) is 21.1 Å². The Labute approximate surface area is 84.1 Å². The summed E-state index contributed by atoms with van der Waals surface area (Å²) in [6.07, 6.45) is 0.845. The maximum absolute atomic E-state index is 11.2. The summed E-state index contributed by atoms with van der Waals surface area (Å²) in [6, 6.07) is 5.88. The van der Waals surface area contributed by atoms with Gasteiger partial charge in [-0.25, -0.2) is 4.79 Å². The average Bonchev–Trinajstić information content (AvgIpc) is 2.07. The fourth-order valence-corrected chi connectivity index (χ4v) is 1.78. The molecule has 1 aromatic carbocycles. The van der Waals surface area contributed by atoms with Gasteiger partial charge in [-0.3, -0.25) is 0 Å². The first kappa shape index (κ1) is 8.04. The second-order valence-electron chi connectivity index (χ2n) is 2.69. The molecule has 0 radical (unpaired) electrons. The molecule has 0 saturated carbocycles. The Morgan fingerprint density at radius 1 is 1.42 bits per heavy atom. The summed E-state index contributed by atoms with van der Waals surface area (Å²) in [5, 5.41) is 0. The molecule has 12 heavy (non-hydrogen) atoms. The summed E-state index contributed by atoms with van der Waals surface area (Å²) < 4.78 is 5.99. The third-order valence-corrected chi connectivity index (χ3v) is 2.57. The highest BCUT2D eigenvalue weighted by Crippen LogP contribution is 2.19. The second-order valence-corrected chi connectivity index (χ2v) is 3.93. The van der Waals surface area contributed by atoms with Crippen molar-refractivity contribution in [1.29, 1.82) is 0 Å². The van der Waals surface area contributed by atoms with Gasteiger partial charge >= 0.3 is 5.97 Å². The number of cyclic esters (lactones) is 1. The first-order chi connectivity index (χ1) is 5.77. The van der Waals surface area contributed by atoms with E-state index in [9.17, 15) is 4.79 Å². The van der Waals surface area contributed by atoms with E-state index < -0.39 is 0 Å². The van der Waals surface area contributed by atoms with Crippen molar-refractivity contribution in [2.24, 2.45) is 0 Å². The number of carbonyl (C=O) groups excluding carboxylic acids is 1. The van der Waals surface area contributed by atoms with Crippen LogP contribution in [0.5, 0.6) is 0 Å². The van der Waals surface area contributed by atoms with Crippen LogP contribution in [-0.2, 0) is 11.2 Å². The molecular formula is C9H7IO2. The largest absolute Gasteiger partial charge is 0.462 e. The molecule has 2 rings (SSSR count). The van der Waals surface area contributed by atoms with Gasteiger partial charge in [-0.2, -0.15) is 0 Å². The molecule has 0 N–H and O–H groups in total. The van der Waals surface area contributed by atoms with Gasteiger partial charge in [0.05, 0.1) is 12.2 Å². The minimum Gasteiger partial charge on any atom is -0.462 e. The summed E-state index contributed by atoms with van der Waals surface area (Å²) in [7, 11) is 0. The quantitative estimate of drug-likeness (QED) is 0.534. The molecule has 3 heteroatoms. The lowest BCUT2D eigenvalue weighted by Crippen LogP contribution is -2.17. The highest BCUT2D eigenvalue weighted by Gasteiger charge is 2.17. The maximum Gasteiger partial charge on any atom is 0.338 e. The third kappa shape index (κ3) is 1.33. The predicted molar refractivity (Wildman–Crippen MR) is 53.1 cm³/mol. The number of halogens is 1. The fourth-order valence-electron chi connectivity index (χ4n) is 1.29. The van der Waals surface area contributed by atoms with E-state index >= 15 is 0 Å². The molecule has 1 aliphatic rings. The number of carbonyl (C=O) groups is 1. The molecule has 0 unspecified atom stereocenters. The molecule has 0 spiro atoms. The van der Waals surface area contributed by atoms with Crippen molar-refractivity contribution < 1.29 is 9.53 Å². The van der Waals surface area contributed by atoms with Crippen molar-refractivity contribution in [2.45, 2.75) is 6.42 Å². The number of ether oxygens (including phenoxy) is 1. The molecule has 62 valence electrons. The molecule has 1 heterocycles. The molecular weight excluding hydrogens is 267 g/mol. The van der Waals surface area contributed by atoms with Crippen molar-refractivity contribution in [3.63, 3.8) is 0 Å². The van der Waals surface area contributed by atoms with Crippen LogP contribution in [0.3, 0.4) is 0 Å². The van der Waals surface area contributed by atoms with Crippen molar-refractivity contribution >= 4 is 28.6 Å². The van der Waals surface area contributed by atoms with E-state index in [1.54, 1.807) is 0 Å². The van der Waals surface area contributed by atoms with E-state index in [2.05, 4.69) is 22.6 Å². The Morgan fingerprint density at radius 3 is 3.08 bits per heavy atom. The summed E-state index contributed by atoms with van der Waals surface area (Å²) in [4.78, 5) is 11.2. The van der Waals surface area contributed by atoms with Crippen molar-refractivity contribution in [3.05, 3.63) is 32.9 Å². The van der Waals surface area contributed by atoms with Gasteiger partial charge in [0.2, 0.25) is 0 Å². The first-order valence-electron chi connectivity index (χ1n) is 3.73. The van der Waals surface area contributed by atoms with Gasteiger partial charge in [0.15, 0.2) is 0 Å². The topological polar surface area (TPSA) is 26.3 Å². The average molecular weight is 274 g/mol. The number of hydrogen-bond acceptors (Lipinski definition) is 2. The van der Waals surface area contributed by atoms with Crippen LogP contribution in [0, 0.1) is 3.57 Å². The Balaban J connectivity index is 2.54. The van der Waals surface area contributed by atoms with Crippen LogP contribution in [0.4, 0.5) is 0 Å². The van der Waals surface area contributed by atoms with E-state index in [1.807, 2.05) is 18.2 Å². The second kappa shape index (κ2) is 3.05. The van der Waals surface area contributed by atoms with E-state index in [1.165, 1.54) is 0 Å². The molecule has 0 fully saturated rings. The van der Waals surface area contributed by atoms with Crippen LogP contribution < -0.4 is 0 Å². The van der Waals surface area contributed by atoms with Gasteiger partial charge in [-0.05, 0) is 40.3 Å². The van der Waals surface area contributed by atoms with Crippen LogP contribution in [0.1, 0.15) is 15.9 Å². The molecule has 0 aliphatic carbocycles. The third-order valence-electron chi connectivity index (χ3n) is 1.90. The van der Waals surface area contributed by atoms with E-state index in [0.29, 0.717) is 6.61 Å².